The van der Waals surface area contributed by atoms with Crippen LogP contribution < -0.4 is 10.9 Å². The van der Waals surface area contributed by atoms with Crippen LogP contribution in [0.3, 0.4) is 0 Å². The number of Topliss-reactive ketones (excluding diaryl/α,β-unsaturated/α-hetero) is 1. The summed E-state index contributed by atoms with van der Waals surface area (Å²) in [5.41, 5.74) is 0.697. The quantitative estimate of drug-likeness (QED) is 0.761. The van der Waals surface area contributed by atoms with E-state index in [1.54, 1.807) is 12.1 Å². The highest BCUT2D eigenvalue weighted by atomic mass is 35.5. The molecule has 0 bridgehead atoms. The molecule has 1 amide bonds. The van der Waals surface area contributed by atoms with Gasteiger partial charge < -0.3 is 10.3 Å². The van der Waals surface area contributed by atoms with Gasteiger partial charge in [0, 0.05) is 34.8 Å². The van der Waals surface area contributed by atoms with E-state index < -0.39 is 23.3 Å². The normalized spacial score (nSPS) is 17.6. The van der Waals surface area contributed by atoms with Crippen molar-refractivity contribution in [2.45, 2.75) is 38.1 Å². The van der Waals surface area contributed by atoms with Crippen LogP contribution in [0.5, 0.6) is 0 Å². The minimum atomic E-state index is -0.589. The van der Waals surface area contributed by atoms with E-state index in [-0.39, 0.29) is 17.9 Å². The van der Waals surface area contributed by atoms with Crippen molar-refractivity contribution in [3.05, 3.63) is 67.8 Å². The van der Waals surface area contributed by atoms with Crippen LogP contribution in [-0.4, -0.2) is 41.2 Å². The summed E-state index contributed by atoms with van der Waals surface area (Å²) in [5, 5.41) is 3.06. The number of likely N-dealkylation sites (tertiary alicyclic amines) is 1. The van der Waals surface area contributed by atoms with Gasteiger partial charge in [0.25, 0.3) is 11.5 Å². The third kappa shape index (κ3) is 4.04. The summed E-state index contributed by atoms with van der Waals surface area (Å²) in [6.07, 6.45) is 3.68. The fourth-order valence-electron chi connectivity index (χ4n) is 4.32. The van der Waals surface area contributed by atoms with Gasteiger partial charge in [-0.25, -0.2) is 4.39 Å². The van der Waals surface area contributed by atoms with Crippen molar-refractivity contribution >= 4 is 23.3 Å². The Morgan fingerprint density at radius 1 is 1.20 bits per heavy atom. The van der Waals surface area contributed by atoms with E-state index in [1.807, 2.05) is 0 Å². The van der Waals surface area contributed by atoms with Gasteiger partial charge in [0.15, 0.2) is 5.78 Å². The third-order valence-corrected chi connectivity index (χ3v) is 6.20. The average molecular weight is 432 g/mol. The number of H-pyrrole nitrogens is 1. The van der Waals surface area contributed by atoms with Crippen LogP contribution in [0.2, 0.25) is 5.02 Å². The molecule has 2 aliphatic rings. The van der Waals surface area contributed by atoms with Gasteiger partial charge in [-0.05, 0) is 57.0 Å². The van der Waals surface area contributed by atoms with Crippen molar-refractivity contribution in [3.8, 4) is 0 Å². The van der Waals surface area contributed by atoms with Crippen molar-refractivity contribution < 1.29 is 14.0 Å². The summed E-state index contributed by atoms with van der Waals surface area (Å²) >= 11 is 6.28. The first-order valence-electron chi connectivity index (χ1n) is 10.2. The number of amides is 1. The number of carbonyl (C=O) groups excluding carboxylic acids is 2. The van der Waals surface area contributed by atoms with E-state index in [9.17, 15) is 18.8 Å². The topological polar surface area (TPSA) is 82.3 Å². The number of nitrogens with one attached hydrogen (secondary N) is 2. The Morgan fingerprint density at radius 3 is 2.70 bits per heavy atom. The molecule has 1 aromatic heterocycles. The molecule has 4 rings (SSSR count). The van der Waals surface area contributed by atoms with Crippen molar-refractivity contribution in [2.24, 2.45) is 0 Å². The Labute approximate surface area is 178 Å². The van der Waals surface area contributed by atoms with Crippen LogP contribution in [0, 0.1) is 5.82 Å². The third-order valence-electron chi connectivity index (χ3n) is 5.87. The maximum absolute atomic E-state index is 14.6. The second-order valence-electron chi connectivity index (χ2n) is 7.79. The number of hydrogen-bond donors (Lipinski definition) is 2. The fourth-order valence-corrected chi connectivity index (χ4v) is 4.61. The first kappa shape index (κ1) is 20.8. The number of ketones is 1. The maximum Gasteiger partial charge on any atom is 0.261 e. The van der Waals surface area contributed by atoms with Gasteiger partial charge in [-0.1, -0.05) is 17.7 Å². The zero-order valence-electron chi connectivity index (χ0n) is 16.5. The highest BCUT2D eigenvalue weighted by Gasteiger charge is 2.29. The molecular formula is C22H23ClFN3O3. The minimum Gasteiger partial charge on any atom is -0.350 e. The lowest BCUT2D eigenvalue weighted by atomic mass is 9.93. The number of pyridine rings is 1. The van der Waals surface area contributed by atoms with Gasteiger partial charge in [0.1, 0.15) is 11.4 Å². The van der Waals surface area contributed by atoms with Crippen LogP contribution in [-0.2, 0) is 6.42 Å². The minimum absolute atomic E-state index is 0.0744. The molecule has 8 heteroatoms. The lowest BCUT2D eigenvalue weighted by Crippen LogP contribution is -2.39. The number of fused-ring (bicyclic) bond motifs is 1. The second kappa shape index (κ2) is 8.70. The fraction of sp³-hybridized carbons (Fsp3) is 0.409. The number of hydrogen-bond acceptors (Lipinski definition) is 4. The van der Waals surface area contributed by atoms with Gasteiger partial charge in [0.05, 0.1) is 6.04 Å². The van der Waals surface area contributed by atoms with Crippen LogP contribution in [0.4, 0.5) is 4.39 Å². The van der Waals surface area contributed by atoms with Crippen LogP contribution in [0.15, 0.2) is 29.1 Å². The molecule has 158 valence electrons. The Hall–Kier alpha value is -2.51. The Bertz CT molecular complexity index is 1030. The number of carbonyl (C=O) groups is 2. The molecule has 1 atom stereocenters. The highest BCUT2D eigenvalue weighted by Crippen LogP contribution is 2.32. The summed E-state index contributed by atoms with van der Waals surface area (Å²) < 4.78 is 14.6. The van der Waals surface area contributed by atoms with Crippen molar-refractivity contribution in [2.75, 3.05) is 19.6 Å². The SMILES string of the molecule is O=C1CCCc2[nH]c(=O)c(C(=O)NCC(c3c(F)cccc3Cl)N3CCCC3)cc21. The summed E-state index contributed by atoms with van der Waals surface area (Å²) in [4.78, 5) is 42.1. The number of aryl methyl sites for hydroxylation is 1. The van der Waals surface area contributed by atoms with E-state index in [1.165, 1.54) is 12.1 Å². The summed E-state index contributed by atoms with van der Waals surface area (Å²) in [6, 6.07) is 5.47. The summed E-state index contributed by atoms with van der Waals surface area (Å²) in [6.45, 7) is 1.65. The van der Waals surface area contributed by atoms with Gasteiger partial charge in [-0.3, -0.25) is 19.3 Å². The van der Waals surface area contributed by atoms with E-state index in [2.05, 4.69) is 15.2 Å². The van der Waals surface area contributed by atoms with Gasteiger partial charge in [-0.15, -0.1) is 0 Å². The molecule has 0 spiro atoms. The maximum atomic E-state index is 14.6. The van der Waals surface area contributed by atoms with Gasteiger partial charge in [-0.2, -0.15) is 0 Å². The molecule has 30 heavy (non-hydrogen) atoms. The zero-order valence-corrected chi connectivity index (χ0v) is 17.2. The molecule has 6 nitrogen and oxygen atoms in total. The van der Waals surface area contributed by atoms with E-state index >= 15 is 0 Å². The van der Waals surface area contributed by atoms with E-state index in [0.717, 1.165) is 25.9 Å². The summed E-state index contributed by atoms with van der Waals surface area (Å²) in [7, 11) is 0. The monoisotopic (exact) mass is 431 g/mol. The predicted octanol–water partition coefficient (Wildman–Crippen LogP) is 3.25. The lowest BCUT2D eigenvalue weighted by Gasteiger charge is -2.29. The molecule has 0 radical (unpaired) electrons. The van der Waals surface area contributed by atoms with Crippen LogP contribution >= 0.6 is 11.6 Å². The molecule has 0 saturated carbocycles. The van der Waals surface area contributed by atoms with Gasteiger partial charge in [0.2, 0.25) is 0 Å². The second-order valence-corrected chi connectivity index (χ2v) is 8.19. The molecule has 1 unspecified atom stereocenters. The molecule has 1 saturated heterocycles. The zero-order chi connectivity index (χ0) is 21.3. The molecular weight excluding hydrogens is 409 g/mol. The standard InChI is InChI=1S/C22H23ClFN3O3/c23-15-5-3-6-16(24)20(15)18(27-9-1-2-10-27)12-25-21(29)14-11-13-17(26-22(14)30)7-4-8-19(13)28/h3,5-6,11,18H,1-2,4,7-10,12H2,(H,25,29)(H,26,30). The largest absolute Gasteiger partial charge is 0.350 e. The summed E-state index contributed by atoms with van der Waals surface area (Å²) in [5.74, 6) is -1.09. The molecule has 1 aromatic carbocycles. The first-order valence-corrected chi connectivity index (χ1v) is 10.6. The van der Waals surface area contributed by atoms with E-state index in [0.29, 0.717) is 41.1 Å². The molecule has 1 fully saturated rings. The van der Waals surface area contributed by atoms with Crippen LogP contribution in [0.1, 0.15) is 63.7 Å². The van der Waals surface area contributed by atoms with Gasteiger partial charge >= 0.3 is 0 Å². The number of benzene rings is 1. The number of rotatable bonds is 5. The molecule has 1 aliphatic carbocycles. The molecule has 2 aromatic rings. The highest BCUT2D eigenvalue weighted by molar-refractivity contribution is 6.31. The smallest absolute Gasteiger partial charge is 0.261 e. The number of nitrogens with zero attached hydrogens (tertiary/aromatic N) is 1. The van der Waals surface area contributed by atoms with Crippen LogP contribution in [0.25, 0.3) is 0 Å². The number of aromatic nitrogens is 1. The Morgan fingerprint density at radius 2 is 1.97 bits per heavy atom. The molecule has 2 N–H and O–H groups in total. The lowest BCUT2D eigenvalue weighted by molar-refractivity contribution is 0.0935. The average Bonchev–Trinajstić information content (AvgIpc) is 3.24. The number of aromatic amines is 1. The predicted molar refractivity (Wildman–Crippen MR) is 112 cm³/mol. The van der Waals surface area contributed by atoms with Crippen molar-refractivity contribution in [1.82, 2.24) is 15.2 Å². The Kier molecular flexibility index (Phi) is 6.01. The Balaban J connectivity index is 1.58. The molecule has 1 aliphatic heterocycles. The first-order chi connectivity index (χ1) is 14.5. The van der Waals surface area contributed by atoms with Crippen molar-refractivity contribution in [3.63, 3.8) is 0 Å². The number of halogens is 2. The molecule has 2 heterocycles. The van der Waals surface area contributed by atoms with Crippen molar-refractivity contribution in [1.29, 1.82) is 0 Å². The van der Waals surface area contributed by atoms with E-state index in [4.69, 9.17) is 11.6 Å².